The van der Waals surface area contributed by atoms with Gasteiger partial charge in [-0.3, -0.25) is 4.79 Å². The van der Waals surface area contributed by atoms with Gasteiger partial charge in [-0.15, -0.1) is 10.2 Å². The molecule has 20 heavy (non-hydrogen) atoms. The molecule has 1 atom stereocenters. The molecule has 0 saturated carbocycles. The number of aromatic nitrogens is 3. The van der Waals surface area contributed by atoms with Crippen molar-refractivity contribution in [3.63, 3.8) is 0 Å². The number of hydrogen-bond acceptors (Lipinski definition) is 6. The number of nitrogens with one attached hydrogen (secondary N) is 1. The van der Waals surface area contributed by atoms with Gasteiger partial charge in [0.05, 0.1) is 12.4 Å². The maximum Gasteiger partial charge on any atom is 0.230 e. The fraction of sp³-hybridized carbons (Fsp3) is 0.750. The van der Waals surface area contributed by atoms with Gasteiger partial charge in [0.15, 0.2) is 5.16 Å². The predicted octanol–water partition coefficient (Wildman–Crippen LogP) is 0.219. The van der Waals surface area contributed by atoms with E-state index in [2.05, 4.69) is 15.5 Å². The van der Waals surface area contributed by atoms with Crippen molar-refractivity contribution in [2.24, 2.45) is 0 Å². The van der Waals surface area contributed by atoms with E-state index in [1.807, 2.05) is 18.4 Å². The Morgan fingerprint density at radius 3 is 3.15 bits per heavy atom. The highest BCUT2D eigenvalue weighted by molar-refractivity contribution is 7.99. The van der Waals surface area contributed by atoms with Gasteiger partial charge in [-0.1, -0.05) is 11.8 Å². The molecular formula is C12H20N4O3S. The minimum Gasteiger partial charge on any atom is -0.386 e. The summed E-state index contributed by atoms with van der Waals surface area (Å²) in [6.45, 7) is 5.11. The molecular weight excluding hydrogens is 280 g/mol. The second-order valence-corrected chi connectivity index (χ2v) is 6.15. The lowest BCUT2D eigenvalue weighted by atomic mass is 10.0. The third-order valence-corrected chi connectivity index (χ3v) is 4.08. The van der Waals surface area contributed by atoms with Gasteiger partial charge in [0.2, 0.25) is 5.91 Å². The van der Waals surface area contributed by atoms with Gasteiger partial charge in [0.25, 0.3) is 0 Å². The molecule has 0 spiro atoms. The van der Waals surface area contributed by atoms with E-state index in [-0.39, 0.29) is 30.9 Å². The van der Waals surface area contributed by atoms with E-state index in [1.165, 1.54) is 11.8 Å². The minimum absolute atomic E-state index is 0.131. The second-order valence-electron chi connectivity index (χ2n) is 5.21. The molecule has 1 aliphatic heterocycles. The Labute approximate surface area is 122 Å². The van der Waals surface area contributed by atoms with Crippen LogP contribution in [0.3, 0.4) is 0 Å². The first-order valence-electron chi connectivity index (χ1n) is 6.59. The smallest absolute Gasteiger partial charge is 0.230 e. The SMILES string of the molecule is CC(C)n1cnnc1SCC(=O)NCC1(O)CCOC1. The van der Waals surface area contributed by atoms with E-state index >= 15 is 0 Å². The standard InChI is InChI=1S/C12H20N4O3S/c1-9(2)16-8-14-15-11(16)20-5-10(17)13-6-12(18)3-4-19-7-12/h8-9,18H,3-7H2,1-2H3,(H,13,17). The Morgan fingerprint density at radius 1 is 1.70 bits per heavy atom. The van der Waals surface area contributed by atoms with Crippen LogP contribution in [0.25, 0.3) is 0 Å². The number of carbonyl (C=O) groups is 1. The molecule has 2 heterocycles. The van der Waals surface area contributed by atoms with E-state index in [0.29, 0.717) is 13.0 Å². The lowest BCUT2D eigenvalue weighted by Crippen LogP contribution is -2.43. The van der Waals surface area contributed by atoms with Crippen LogP contribution in [0, 0.1) is 0 Å². The minimum atomic E-state index is -0.918. The highest BCUT2D eigenvalue weighted by Crippen LogP contribution is 2.19. The van der Waals surface area contributed by atoms with Crippen molar-refractivity contribution in [3.05, 3.63) is 6.33 Å². The summed E-state index contributed by atoms with van der Waals surface area (Å²) in [5.41, 5.74) is -0.918. The van der Waals surface area contributed by atoms with Crippen LogP contribution in [0.1, 0.15) is 26.3 Å². The molecule has 0 aliphatic carbocycles. The Kier molecular flexibility index (Phi) is 5.00. The third kappa shape index (κ3) is 3.94. The fourth-order valence-electron chi connectivity index (χ4n) is 1.87. The van der Waals surface area contributed by atoms with Gasteiger partial charge in [0.1, 0.15) is 11.9 Å². The summed E-state index contributed by atoms with van der Waals surface area (Å²) in [6.07, 6.45) is 2.21. The Bertz CT molecular complexity index is 457. The van der Waals surface area contributed by atoms with E-state index in [1.54, 1.807) is 6.33 Å². The van der Waals surface area contributed by atoms with E-state index in [4.69, 9.17) is 4.74 Å². The zero-order valence-electron chi connectivity index (χ0n) is 11.7. The summed E-state index contributed by atoms with van der Waals surface area (Å²) in [5.74, 6) is 0.121. The molecule has 1 saturated heterocycles. The van der Waals surface area contributed by atoms with Crippen molar-refractivity contribution >= 4 is 17.7 Å². The van der Waals surface area contributed by atoms with Crippen LogP contribution >= 0.6 is 11.8 Å². The number of hydrogen-bond donors (Lipinski definition) is 2. The van der Waals surface area contributed by atoms with Gasteiger partial charge in [0, 0.05) is 25.6 Å². The first-order chi connectivity index (χ1) is 9.50. The third-order valence-electron chi connectivity index (χ3n) is 3.13. The molecule has 8 heteroatoms. The van der Waals surface area contributed by atoms with Crippen LogP contribution in [0.4, 0.5) is 0 Å². The van der Waals surface area contributed by atoms with Crippen molar-refractivity contribution in [1.82, 2.24) is 20.1 Å². The molecule has 1 amide bonds. The van der Waals surface area contributed by atoms with Crippen LogP contribution in [0.5, 0.6) is 0 Å². The quantitative estimate of drug-likeness (QED) is 0.731. The summed E-state index contributed by atoms with van der Waals surface area (Å²) in [4.78, 5) is 11.8. The predicted molar refractivity (Wildman–Crippen MR) is 74.5 cm³/mol. The largest absolute Gasteiger partial charge is 0.386 e. The van der Waals surface area contributed by atoms with E-state index in [0.717, 1.165) is 5.16 Å². The van der Waals surface area contributed by atoms with Gasteiger partial charge >= 0.3 is 0 Å². The molecule has 1 unspecified atom stereocenters. The van der Waals surface area contributed by atoms with Gasteiger partial charge in [-0.25, -0.2) is 0 Å². The van der Waals surface area contributed by atoms with Crippen molar-refractivity contribution < 1.29 is 14.6 Å². The first-order valence-corrected chi connectivity index (χ1v) is 7.58. The zero-order chi connectivity index (χ0) is 14.6. The summed E-state index contributed by atoms with van der Waals surface area (Å²) in [7, 11) is 0. The number of amides is 1. The van der Waals surface area contributed by atoms with Crippen LogP contribution in [0.2, 0.25) is 0 Å². The van der Waals surface area contributed by atoms with Crippen LogP contribution in [0.15, 0.2) is 11.5 Å². The van der Waals surface area contributed by atoms with Crippen molar-refractivity contribution in [1.29, 1.82) is 0 Å². The highest BCUT2D eigenvalue weighted by atomic mass is 32.2. The first kappa shape index (κ1) is 15.3. The highest BCUT2D eigenvalue weighted by Gasteiger charge is 2.32. The molecule has 1 aromatic heterocycles. The Morgan fingerprint density at radius 2 is 2.50 bits per heavy atom. The number of ether oxygens (including phenoxy) is 1. The zero-order valence-corrected chi connectivity index (χ0v) is 12.5. The molecule has 7 nitrogen and oxygen atoms in total. The number of nitrogens with zero attached hydrogens (tertiary/aromatic N) is 3. The fourth-order valence-corrected chi connectivity index (χ4v) is 2.74. The molecule has 2 N–H and O–H groups in total. The molecule has 1 aliphatic rings. The molecule has 2 rings (SSSR count). The normalized spacial score (nSPS) is 22.4. The molecule has 1 fully saturated rings. The molecule has 0 radical (unpaired) electrons. The number of aliphatic hydroxyl groups is 1. The number of rotatable bonds is 6. The molecule has 0 aromatic carbocycles. The van der Waals surface area contributed by atoms with Crippen molar-refractivity contribution in [3.8, 4) is 0 Å². The Balaban J connectivity index is 1.76. The van der Waals surface area contributed by atoms with Gasteiger partial charge in [-0.05, 0) is 13.8 Å². The monoisotopic (exact) mass is 300 g/mol. The topological polar surface area (TPSA) is 89.3 Å². The lowest BCUT2D eigenvalue weighted by molar-refractivity contribution is -0.119. The summed E-state index contributed by atoms with van der Waals surface area (Å²) in [5, 5.41) is 21.3. The Hall–Kier alpha value is -1.12. The van der Waals surface area contributed by atoms with Crippen molar-refractivity contribution in [2.45, 2.75) is 37.1 Å². The maximum atomic E-state index is 11.8. The van der Waals surface area contributed by atoms with Crippen molar-refractivity contribution in [2.75, 3.05) is 25.5 Å². The van der Waals surface area contributed by atoms with Crippen LogP contribution in [-0.4, -0.2) is 56.9 Å². The second kappa shape index (κ2) is 6.55. The van der Waals surface area contributed by atoms with Gasteiger partial charge in [-0.2, -0.15) is 0 Å². The molecule has 0 bridgehead atoms. The number of carbonyl (C=O) groups excluding carboxylic acids is 1. The average Bonchev–Trinajstić information content (AvgIpc) is 3.03. The molecule has 112 valence electrons. The lowest BCUT2D eigenvalue weighted by Gasteiger charge is -2.20. The summed E-state index contributed by atoms with van der Waals surface area (Å²) < 4.78 is 7.04. The van der Waals surface area contributed by atoms with Gasteiger partial charge < -0.3 is 19.7 Å². The summed E-state index contributed by atoms with van der Waals surface area (Å²) >= 11 is 1.34. The average molecular weight is 300 g/mol. The van der Waals surface area contributed by atoms with Crippen LogP contribution in [-0.2, 0) is 9.53 Å². The van der Waals surface area contributed by atoms with E-state index in [9.17, 15) is 9.90 Å². The molecule has 1 aromatic rings. The maximum absolute atomic E-state index is 11.8. The number of thioether (sulfide) groups is 1. The van der Waals surface area contributed by atoms with Crippen LogP contribution < -0.4 is 5.32 Å². The van der Waals surface area contributed by atoms with E-state index < -0.39 is 5.60 Å². The summed E-state index contributed by atoms with van der Waals surface area (Å²) in [6, 6.07) is 0.256.